The van der Waals surface area contributed by atoms with Crippen molar-refractivity contribution in [3.8, 4) is 0 Å². The Kier molecular flexibility index (Phi) is 4.14. The van der Waals surface area contributed by atoms with Gasteiger partial charge < -0.3 is 10.5 Å². The van der Waals surface area contributed by atoms with E-state index in [4.69, 9.17) is 22.1 Å². The van der Waals surface area contributed by atoms with Gasteiger partial charge in [0.15, 0.2) is 9.84 Å². The molecule has 2 rings (SSSR count). The van der Waals surface area contributed by atoms with Gasteiger partial charge in [0.2, 0.25) is 0 Å². The van der Waals surface area contributed by atoms with Gasteiger partial charge in [-0.25, -0.2) is 8.42 Å². The standard InChI is InChI=1S/C12H16ClNO3S/c13-12-4-3-10(14)6-9(12)7-18(15,16)8-11-2-1-5-17-11/h3-4,6,11H,1-2,5,7-8,14H2. The van der Waals surface area contributed by atoms with Crippen molar-refractivity contribution in [1.82, 2.24) is 0 Å². The van der Waals surface area contributed by atoms with Gasteiger partial charge in [0.05, 0.1) is 17.6 Å². The number of halogens is 1. The SMILES string of the molecule is Nc1ccc(Cl)c(CS(=O)(=O)CC2CCCO2)c1. The third-order valence-electron chi connectivity index (χ3n) is 2.91. The molecule has 1 aromatic rings. The Morgan fingerprint density at radius 2 is 2.22 bits per heavy atom. The summed E-state index contributed by atoms with van der Waals surface area (Å²) in [6.07, 6.45) is 1.57. The molecule has 0 aromatic heterocycles. The molecular formula is C12H16ClNO3S. The van der Waals surface area contributed by atoms with Gasteiger partial charge in [0, 0.05) is 17.3 Å². The molecule has 1 heterocycles. The van der Waals surface area contributed by atoms with Crippen LogP contribution < -0.4 is 5.73 Å². The van der Waals surface area contributed by atoms with Crippen molar-refractivity contribution in [2.45, 2.75) is 24.7 Å². The van der Waals surface area contributed by atoms with Crippen molar-refractivity contribution in [1.29, 1.82) is 0 Å². The molecule has 4 nitrogen and oxygen atoms in total. The van der Waals surface area contributed by atoms with Gasteiger partial charge in [-0.3, -0.25) is 0 Å². The molecule has 1 fully saturated rings. The molecule has 1 unspecified atom stereocenters. The highest BCUT2D eigenvalue weighted by atomic mass is 35.5. The molecule has 0 spiro atoms. The van der Waals surface area contributed by atoms with E-state index in [0.717, 1.165) is 12.8 Å². The van der Waals surface area contributed by atoms with E-state index in [1.165, 1.54) is 0 Å². The maximum Gasteiger partial charge on any atom is 0.157 e. The number of ether oxygens (including phenoxy) is 1. The molecule has 1 atom stereocenters. The lowest BCUT2D eigenvalue weighted by Gasteiger charge is -2.11. The minimum atomic E-state index is -3.22. The molecule has 1 aliphatic rings. The summed E-state index contributed by atoms with van der Waals surface area (Å²) in [4.78, 5) is 0. The summed E-state index contributed by atoms with van der Waals surface area (Å²) in [5.74, 6) is -0.0329. The molecular weight excluding hydrogens is 274 g/mol. The number of rotatable bonds is 4. The Labute approximate surface area is 112 Å². The van der Waals surface area contributed by atoms with E-state index in [2.05, 4.69) is 0 Å². The van der Waals surface area contributed by atoms with Crippen molar-refractivity contribution in [3.05, 3.63) is 28.8 Å². The number of hydrogen-bond acceptors (Lipinski definition) is 4. The van der Waals surface area contributed by atoms with Crippen LogP contribution in [0.25, 0.3) is 0 Å². The summed E-state index contributed by atoms with van der Waals surface area (Å²) in [7, 11) is -3.22. The lowest BCUT2D eigenvalue weighted by atomic mass is 10.2. The average Bonchev–Trinajstić information content (AvgIpc) is 2.75. The van der Waals surface area contributed by atoms with Crippen LogP contribution >= 0.6 is 11.6 Å². The Bertz CT molecular complexity index is 524. The van der Waals surface area contributed by atoms with Crippen LogP contribution in [0.5, 0.6) is 0 Å². The zero-order chi connectivity index (χ0) is 13.2. The minimum absolute atomic E-state index is 0.0537. The zero-order valence-electron chi connectivity index (χ0n) is 9.93. The fourth-order valence-electron chi connectivity index (χ4n) is 2.06. The van der Waals surface area contributed by atoms with E-state index in [1.807, 2.05) is 0 Å². The third kappa shape index (κ3) is 3.60. The van der Waals surface area contributed by atoms with Crippen molar-refractivity contribution >= 4 is 27.1 Å². The Balaban J connectivity index is 2.09. The Hall–Kier alpha value is -0.780. The first-order chi connectivity index (χ1) is 8.46. The van der Waals surface area contributed by atoms with E-state index in [1.54, 1.807) is 18.2 Å². The van der Waals surface area contributed by atoms with Crippen molar-refractivity contribution < 1.29 is 13.2 Å². The van der Waals surface area contributed by atoms with Gasteiger partial charge in [-0.15, -0.1) is 0 Å². The fourth-order valence-corrected chi connectivity index (χ4v) is 3.98. The molecule has 1 aliphatic heterocycles. The van der Waals surface area contributed by atoms with Crippen LogP contribution in [0.4, 0.5) is 5.69 Å². The van der Waals surface area contributed by atoms with Crippen LogP contribution in [-0.2, 0) is 20.3 Å². The van der Waals surface area contributed by atoms with E-state index < -0.39 is 9.84 Å². The maximum absolute atomic E-state index is 12.0. The van der Waals surface area contributed by atoms with E-state index in [0.29, 0.717) is 22.9 Å². The number of benzene rings is 1. The number of sulfone groups is 1. The van der Waals surface area contributed by atoms with Crippen molar-refractivity contribution in [2.24, 2.45) is 0 Å². The van der Waals surface area contributed by atoms with Crippen LogP contribution in [0, 0.1) is 0 Å². The monoisotopic (exact) mass is 289 g/mol. The summed E-state index contributed by atoms with van der Waals surface area (Å²) in [6, 6.07) is 4.88. The largest absolute Gasteiger partial charge is 0.399 e. The second kappa shape index (κ2) is 5.47. The number of anilines is 1. The smallest absolute Gasteiger partial charge is 0.157 e. The van der Waals surface area contributed by atoms with Crippen LogP contribution in [0.3, 0.4) is 0 Å². The molecule has 0 bridgehead atoms. The average molecular weight is 290 g/mol. The summed E-state index contributed by atoms with van der Waals surface area (Å²) in [5, 5.41) is 0.431. The molecule has 0 saturated carbocycles. The first kappa shape index (κ1) is 13.6. The van der Waals surface area contributed by atoms with Crippen LogP contribution in [0.1, 0.15) is 18.4 Å². The van der Waals surface area contributed by atoms with Gasteiger partial charge in [-0.1, -0.05) is 11.6 Å². The quantitative estimate of drug-likeness (QED) is 0.861. The molecule has 6 heteroatoms. The Morgan fingerprint density at radius 1 is 1.44 bits per heavy atom. The summed E-state index contributed by atoms with van der Waals surface area (Å²) in [6.45, 7) is 0.652. The highest BCUT2D eigenvalue weighted by Crippen LogP contribution is 2.23. The van der Waals surface area contributed by atoms with Gasteiger partial charge in [-0.05, 0) is 36.6 Å². The van der Waals surface area contributed by atoms with Crippen LogP contribution in [0.15, 0.2) is 18.2 Å². The molecule has 100 valence electrons. The third-order valence-corrected chi connectivity index (χ3v) is 4.91. The lowest BCUT2D eigenvalue weighted by molar-refractivity contribution is 0.127. The molecule has 18 heavy (non-hydrogen) atoms. The number of hydrogen-bond donors (Lipinski definition) is 1. The molecule has 1 saturated heterocycles. The molecule has 0 radical (unpaired) electrons. The molecule has 0 amide bonds. The van der Waals surface area contributed by atoms with Gasteiger partial charge in [0.25, 0.3) is 0 Å². The first-order valence-corrected chi connectivity index (χ1v) is 8.02. The fraction of sp³-hybridized carbons (Fsp3) is 0.500. The molecule has 0 aliphatic carbocycles. The topological polar surface area (TPSA) is 69.4 Å². The van der Waals surface area contributed by atoms with E-state index in [-0.39, 0.29) is 17.6 Å². The normalized spacial score (nSPS) is 20.2. The summed E-state index contributed by atoms with van der Waals surface area (Å²) >= 11 is 5.97. The second-order valence-electron chi connectivity index (χ2n) is 4.54. The predicted octanol–water partition coefficient (Wildman–Crippen LogP) is 2.02. The lowest BCUT2D eigenvalue weighted by Crippen LogP contribution is -2.21. The van der Waals surface area contributed by atoms with Crippen LogP contribution in [0.2, 0.25) is 5.02 Å². The van der Waals surface area contributed by atoms with Crippen LogP contribution in [-0.4, -0.2) is 26.9 Å². The molecule has 2 N–H and O–H groups in total. The van der Waals surface area contributed by atoms with Gasteiger partial charge in [-0.2, -0.15) is 0 Å². The first-order valence-electron chi connectivity index (χ1n) is 5.82. The second-order valence-corrected chi connectivity index (χ2v) is 7.06. The predicted molar refractivity (Wildman–Crippen MR) is 72.3 cm³/mol. The number of nitrogen functional groups attached to an aromatic ring is 1. The Morgan fingerprint density at radius 3 is 2.89 bits per heavy atom. The number of nitrogens with two attached hydrogens (primary N) is 1. The van der Waals surface area contributed by atoms with Gasteiger partial charge >= 0.3 is 0 Å². The van der Waals surface area contributed by atoms with Crippen molar-refractivity contribution in [3.63, 3.8) is 0 Å². The van der Waals surface area contributed by atoms with E-state index >= 15 is 0 Å². The molecule has 1 aromatic carbocycles. The summed E-state index contributed by atoms with van der Waals surface area (Å²) in [5.41, 5.74) is 6.70. The maximum atomic E-state index is 12.0. The highest BCUT2D eigenvalue weighted by molar-refractivity contribution is 7.90. The van der Waals surface area contributed by atoms with E-state index in [9.17, 15) is 8.42 Å². The van der Waals surface area contributed by atoms with Gasteiger partial charge in [0.1, 0.15) is 0 Å². The summed E-state index contributed by atoms with van der Waals surface area (Å²) < 4.78 is 29.4. The zero-order valence-corrected chi connectivity index (χ0v) is 11.5. The highest BCUT2D eigenvalue weighted by Gasteiger charge is 2.24. The minimum Gasteiger partial charge on any atom is -0.399 e. The van der Waals surface area contributed by atoms with Crippen molar-refractivity contribution in [2.75, 3.05) is 18.1 Å².